The van der Waals surface area contributed by atoms with E-state index in [0.717, 1.165) is 16.8 Å². The number of pyridine rings is 1. The van der Waals surface area contributed by atoms with Gasteiger partial charge in [0.25, 0.3) is 0 Å². The molecule has 0 aliphatic carbocycles. The van der Waals surface area contributed by atoms with Crippen molar-refractivity contribution >= 4 is 0 Å². The van der Waals surface area contributed by atoms with Crippen LogP contribution in [-0.2, 0) is 4.74 Å². The highest BCUT2D eigenvalue weighted by atomic mass is 19.1. The second-order valence-corrected chi connectivity index (χ2v) is 4.08. The molecule has 0 saturated heterocycles. The molecule has 0 spiro atoms. The van der Waals surface area contributed by atoms with E-state index in [4.69, 9.17) is 4.74 Å². The number of aromatic nitrogens is 1. The maximum atomic E-state index is 12.8. The molecular weight excluding hydrogens is 229 g/mol. The molecule has 2 nitrogen and oxygen atoms in total. The molecule has 0 saturated carbocycles. The highest BCUT2D eigenvalue weighted by Gasteiger charge is 2.05. The van der Waals surface area contributed by atoms with E-state index in [1.54, 1.807) is 6.07 Å². The van der Waals surface area contributed by atoms with Crippen LogP contribution in [0.1, 0.15) is 25.5 Å². The van der Waals surface area contributed by atoms with E-state index in [-0.39, 0.29) is 11.9 Å². The highest BCUT2D eigenvalue weighted by Crippen LogP contribution is 2.22. The molecule has 0 amide bonds. The second-order valence-electron chi connectivity index (χ2n) is 4.08. The van der Waals surface area contributed by atoms with Gasteiger partial charge in [0.2, 0.25) is 0 Å². The van der Waals surface area contributed by atoms with Crippen LogP contribution >= 0.6 is 0 Å². The maximum absolute atomic E-state index is 12.8. The lowest BCUT2D eigenvalue weighted by molar-refractivity contribution is 0.0764. The standard InChI is InChI=1S/C15H16FNO/c1-3-18-11(2)12-4-6-13(7-5-12)15-9-8-14(16)10-17-15/h4-11H,3H2,1-2H3. The third-order valence-corrected chi connectivity index (χ3v) is 2.82. The van der Waals surface area contributed by atoms with Gasteiger partial charge < -0.3 is 4.74 Å². The topological polar surface area (TPSA) is 22.1 Å². The van der Waals surface area contributed by atoms with Crippen LogP contribution in [-0.4, -0.2) is 11.6 Å². The van der Waals surface area contributed by atoms with E-state index < -0.39 is 0 Å². The molecule has 1 aromatic carbocycles. The van der Waals surface area contributed by atoms with Crippen molar-refractivity contribution in [1.29, 1.82) is 0 Å². The van der Waals surface area contributed by atoms with Crippen LogP contribution in [0.25, 0.3) is 11.3 Å². The number of halogens is 1. The second kappa shape index (κ2) is 5.74. The summed E-state index contributed by atoms with van der Waals surface area (Å²) in [5.41, 5.74) is 2.87. The summed E-state index contributed by atoms with van der Waals surface area (Å²) in [5.74, 6) is -0.319. The minimum atomic E-state index is -0.319. The Morgan fingerprint density at radius 1 is 1.17 bits per heavy atom. The van der Waals surface area contributed by atoms with Crippen LogP contribution in [0.3, 0.4) is 0 Å². The van der Waals surface area contributed by atoms with E-state index in [0.29, 0.717) is 6.61 Å². The van der Waals surface area contributed by atoms with Crippen molar-refractivity contribution in [3.8, 4) is 11.3 Å². The molecule has 0 N–H and O–H groups in total. The van der Waals surface area contributed by atoms with Gasteiger partial charge in [-0.1, -0.05) is 24.3 Å². The summed E-state index contributed by atoms with van der Waals surface area (Å²) in [5, 5.41) is 0. The summed E-state index contributed by atoms with van der Waals surface area (Å²) < 4.78 is 18.3. The zero-order valence-electron chi connectivity index (χ0n) is 10.6. The third-order valence-electron chi connectivity index (χ3n) is 2.82. The summed E-state index contributed by atoms with van der Waals surface area (Å²) in [6, 6.07) is 11.1. The molecule has 1 atom stereocenters. The van der Waals surface area contributed by atoms with Gasteiger partial charge in [-0.3, -0.25) is 4.98 Å². The van der Waals surface area contributed by atoms with Crippen LogP contribution in [0.2, 0.25) is 0 Å². The van der Waals surface area contributed by atoms with Crippen molar-refractivity contribution in [3.05, 3.63) is 54.0 Å². The normalized spacial score (nSPS) is 12.4. The van der Waals surface area contributed by atoms with Crippen LogP contribution in [0.4, 0.5) is 4.39 Å². The zero-order valence-corrected chi connectivity index (χ0v) is 10.6. The van der Waals surface area contributed by atoms with Crippen molar-refractivity contribution in [1.82, 2.24) is 4.98 Å². The van der Waals surface area contributed by atoms with Gasteiger partial charge in [-0.05, 0) is 31.5 Å². The Morgan fingerprint density at radius 3 is 2.44 bits per heavy atom. The number of ether oxygens (including phenoxy) is 1. The number of hydrogen-bond acceptors (Lipinski definition) is 2. The first-order valence-electron chi connectivity index (χ1n) is 6.04. The molecule has 1 unspecified atom stereocenters. The summed E-state index contributed by atoms with van der Waals surface area (Å²) >= 11 is 0. The molecular formula is C15H16FNO. The smallest absolute Gasteiger partial charge is 0.141 e. The van der Waals surface area contributed by atoms with Gasteiger partial charge in [-0.2, -0.15) is 0 Å². The lowest BCUT2D eigenvalue weighted by Crippen LogP contribution is -1.99. The summed E-state index contributed by atoms with van der Waals surface area (Å²) in [4.78, 5) is 4.05. The molecule has 18 heavy (non-hydrogen) atoms. The molecule has 0 fully saturated rings. The van der Waals surface area contributed by atoms with Crippen molar-refractivity contribution in [2.75, 3.05) is 6.61 Å². The van der Waals surface area contributed by atoms with E-state index in [1.807, 2.05) is 38.1 Å². The summed E-state index contributed by atoms with van der Waals surface area (Å²) in [6.07, 6.45) is 1.32. The maximum Gasteiger partial charge on any atom is 0.141 e. The Bertz CT molecular complexity index is 493. The van der Waals surface area contributed by atoms with Crippen LogP contribution < -0.4 is 0 Å². The predicted molar refractivity (Wildman–Crippen MR) is 69.7 cm³/mol. The number of nitrogens with zero attached hydrogens (tertiary/aromatic N) is 1. The first-order valence-corrected chi connectivity index (χ1v) is 6.04. The minimum Gasteiger partial charge on any atom is -0.374 e. The third kappa shape index (κ3) is 2.93. The van der Waals surface area contributed by atoms with Crippen molar-refractivity contribution < 1.29 is 9.13 Å². The van der Waals surface area contributed by atoms with E-state index >= 15 is 0 Å². The SMILES string of the molecule is CCOC(C)c1ccc(-c2ccc(F)cn2)cc1. The summed E-state index contributed by atoms with van der Waals surface area (Å²) in [7, 11) is 0. The largest absolute Gasteiger partial charge is 0.374 e. The molecule has 1 heterocycles. The lowest BCUT2D eigenvalue weighted by atomic mass is 10.1. The fourth-order valence-electron chi connectivity index (χ4n) is 1.82. The Balaban J connectivity index is 2.19. The zero-order chi connectivity index (χ0) is 13.0. The molecule has 0 radical (unpaired) electrons. The lowest BCUT2D eigenvalue weighted by Gasteiger charge is -2.12. The molecule has 0 aliphatic rings. The average molecular weight is 245 g/mol. The average Bonchev–Trinajstić information content (AvgIpc) is 2.40. The van der Waals surface area contributed by atoms with E-state index in [9.17, 15) is 4.39 Å². The van der Waals surface area contributed by atoms with E-state index in [1.165, 1.54) is 12.3 Å². The van der Waals surface area contributed by atoms with Gasteiger partial charge >= 0.3 is 0 Å². The van der Waals surface area contributed by atoms with Crippen LogP contribution in [0.15, 0.2) is 42.6 Å². The van der Waals surface area contributed by atoms with Crippen LogP contribution in [0.5, 0.6) is 0 Å². The quantitative estimate of drug-likeness (QED) is 0.812. The van der Waals surface area contributed by atoms with Gasteiger partial charge in [0.05, 0.1) is 18.0 Å². The molecule has 0 aliphatic heterocycles. The first-order chi connectivity index (χ1) is 8.70. The predicted octanol–water partition coefficient (Wildman–Crippen LogP) is 3.99. The van der Waals surface area contributed by atoms with Gasteiger partial charge in [-0.15, -0.1) is 0 Å². The molecule has 2 aromatic rings. The Hall–Kier alpha value is -1.74. The monoisotopic (exact) mass is 245 g/mol. The first kappa shape index (κ1) is 12.7. The fourth-order valence-corrected chi connectivity index (χ4v) is 1.82. The number of benzene rings is 1. The Kier molecular flexibility index (Phi) is 4.05. The minimum absolute atomic E-state index is 0.0882. The molecule has 1 aromatic heterocycles. The van der Waals surface area contributed by atoms with Gasteiger partial charge in [0.15, 0.2) is 0 Å². The van der Waals surface area contributed by atoms with E-state index in [2.05, 4.69) is 4.98 Å². The summed E-state index contributed by atoms with van der Waals surface area (Å²) in [6.45, 7) is 4.70. The number of hydrogen-bond donors (Lipinski definition) is 0. The molecule has 94 valence electrons. The van der Waals surface area contributed by atoms with Crippen LogP contribution in [0, 0.1) is 5.82 Å². The van der Waals surface area contributed by atoms with Gasteiger partial charge in [0, 0.05) is 12.2 Å². The van der Waals surface area contributed by atoms with Crippen molar-refractivity contribution in [2.45, 2.75) is 20.0 Å². The van der Waals surface area contributed by atoms with Gasteiger partial charge in [-0.25, -0.2) is 4.39 Å². The molecule has 3 heteroatoms. The highest BCUT2D eigenvalue weighted by molar-refractivity contribution is 5.59. The Labute approximate surface area is 106 Å². The molecule has 2 rings (SSSR count). The van der Waals surface area contributed by atoms with Crippen molar-refractivity contribution in [2.24, 2.45) is 0 Å². The molecule has 0 bridgehead atoms. The van der Waals surface area contributed by atoms with Crippen molar-refractivity contribution in [3.63, 3.8) is 0 Å². The fraction of sp³-hybridized carbons (Fsp3) is 0.267. The number of rotatable bonds is 4. The van der Waals surface area contributed by atoms with Gasteiger partial charge in [0.1, 0.15) is 5.82 Å². The Morgan fingerprint density at radius 2 is 1.89 bits per heavy atom.